The van der Waals surface area contributed by atoms with E-state index < -0.39 is 0 Å². The first-order valence-electron chi connectivity index (χ1n) is 8.97. The molecule has 4 rings (SSSR count). The molecule has 1 aliphatic rings. The van der Waals surface area contributed by atoms with Crippen molar-refractivity contribution in [2.45, 2.75) is 22.8 Å². The fourth-order valence-corrected chi connectivity index (χ4v) is 4.75. The van der Waals surface area contributed by atoms with Crippen molar-refractivity contribution in [3.8, 4) is 0 Å². The SMILES string of the molecule is Clc1ccc2c(c1)N(CCCOCc1ccc(Cl)c(Cl)c1)c1ccccc1S2. The zero-order chi connectivity index (χ0) is 19.5. The number of anilines is 2. The largest absolute Gasteiger partial charge is 0.377 e. The van der Waals surface area contributed by atoms with Crippen LogP contribution in [0.5, 0.6) is 0 Å². The number of hydrogen-bond acceptors (Lipinski definition) is 3. The summed E-state index contributed by atoms with van der Waals surface area (Å²) in [4.78, 5) is 4.81. The molecule has 144 valence electrons. The molecule has 3 aromatic carbocycles. The highest BCUT2D eigenvalue weighted by atomic mass is 35.5. The first kappa shape index (κ1) is 19.9. The maximum atomic E-state index is 6.26. The second kappa shape index (κ2) is 8.98. The van der Waals surface area contributed by atoms with E-state index in [4.69, 9.17) is 39.5 Å². The van der Waals surface area contributed by atoms with Gasteiger partial charge in [0.25, 0.3) is 0 Å². The molecule has 0 atom stereocenters. The lowest BCUT2D eigenvalue weighted by Gasteiger charge is -2.33. The molecule has 0 N–H and O–H groups in total. The quantitative estimate of drug-likeness (QED) is 0.355. The van der Waals surface area contributed by atoms with Gasteiger partial charge in [0, 0.05) is 28.0 Å². The standard InChI is InChI=1S/C22H18Cl3NOS/c23-16-7-9-22-20(13-16)26(19-4-1-2-5-21(19)28-22)10-3-11-27-14-15-6-8-17(24)18(25)12-15/h1-2,4-9,12-13H,3,10-11,14H2. The van der Waals surface area contributed by atoms with Crippen molar-refractivity contribution in [1.82, 2.24) is 0 Å². The van der Waals surface area contributed by atoms with Crippen molar-refractivity contribution in [3.05, 3.63) is 81.3 Å². The minimum Gasteiger partial charge on any atom is -0.377 e. The van der Waals surface area contributed by atoms with E-state index in [-0.39, 0.29) is 0 Å². The summed E-state index contributed by atoms with van der Waals surface area (Å²) in [5.74, 6) is 0. The Labute approximate surface area is 184 Å². The normalized spacial score (nSPS) is 12.6. The van der Waals surface area contributed by atoms with Crippen LogP contribution in [-0.2, 0) is 11.3 Å². The van der Waals surface area contributed by atoms with Crippen molar-refractivity contribution in [3.63, 3.8) is 0 Å². The number of fused-ring (bicyclic) bond motifs is 2. The Morgan fingerprint density at radius 2 is 1.64 bits per heavy atom. The molecule has 0 aromatic heterocycles. The van der Waals surface area contributed by atoms with Crippen molar-refractivity contribution >= 4 is 57.9 Å². The zero-order valence-electron chi connectivity index (χ0n) is 15.0. The second-order valence-corrected chi connectivity index (χ2v) is 8.82. The Bertz CT molecular complexity index is 995. The van der Waals surface area contributed by atoms with Gasteiger partial charge in [0.05, 0.1) is 28.0 Å². The van der Waals surface area contributed by atoms with E-state index in [0.29, 0.717) is 23.3 Å². The van der Waals surface area contributed by atoms with E-state index in [2.05, 4.69) is 35.2 Å². The van der Waals surface area contributed by atoms with Gasteiger partial charge in [-0.25, -0.2) is 0 Å². The lowest BCUT2D eigenvalue weighted by molar-refractivity contribution is 0.120. The molecular weight excluding hydrogens is 433 g/mol. The van der Waals surface area contributed by atoms with E-state index in [1.54, 1.807) is 17.8 Å². The maximum absolute atomic E-state index is 6.26. The van der Waals surface area contributed by atoms with Gasteiger partial charge in [0.1, 0.15) is 0 Å². The zero-order valence-corrected chi connectivity index (χ0v) is 18.1. The lowest BCUT2D eigenvalue weighted by Crippen LogP contribution is -2.23. The first-order chi connectivity index (χ1) is 13.6. The third-order valence-corrected chi connectivity index (χ3v) is 6.62. The molecule has 0 saturated heterocycles. The monoisotopic (exact) mass is 449 g/mol. The van der Waals surface area contributed by atoms with Crippen molar-refractivity contribution in [2.75, 3.05) is 18.1 Å². The van der Waals surface area contributed by atoms with Gasteiger partial charge in [-0.15, -0.1) is 0 Å². The Kier molecular flexibility index (Phi) is 6.39. The Morgan fingerprint density at radius 3 is 2.50 bits per heavy atom. The molecule has 0 fully saturated rings. The number of rotatable bonds is 6. The smallest absolute Gasteiger partial charge is 0.0717 e. The summed E-state index contributed by atoms with van der Waals surface area (Å²) in [6.07, 6.45) is 0.895. The molecule has 6 heteroatoms. The molecule has 0 radical (unpaired) electrons. The second-order valence-electron chi connectivity index (χ2n) is 6.49. The molecular formula is C22H18Cl3NOS. The maximum Gasteiger partial charge on any atom is 0.0717 e. The van der Waals surface area contributed by atoms with Crippen LogP contribution in [0.25, 0.3) is 0 Å². The lowest BCUT2D eigenvalue weighted by atomic mass is 10.2. The molecule has 0 amide bonds. The van der Waals surface area contributed by atoms with Crippen LogP contribution in [0.3, 0.4) is 0 Å². The van der Waals surface area contributed by atoms with Crippen LogP contribution >= 0.6 is 46.6 Å². The summed E-state index contributed by atoms with van der Waals surface area (Å²) in [5.41, 5.74) is 3.39. The first-order valence-corrected chi connectivity index (χ1v) is 10.9. The molecule has 0 aliphatic carbocycles. The van der Waals surface area contributed by atoms with Gasteiger partial charge in [0.15, 0.2) is 0 Å². The predicted octanol–water partition coefficient (Wildman–Crippen LogP) is 7.86. The summed E-state index contributed by atoms with van der Waals surface area (Å²) < 4.78 is 5.85. The van der Waals surface area contributed by atoms with E-state index in [0.717, 1.165) is 29.2 Å². The number of benzene rings is 3. The highest BCUT2D eigenvalue weighted by Gasteiger charge is 2.23. The molecule has 1 aliphatic heterocycles. The molecule has 3 aromatic rings. The number of para-hydroxylation sites is 1. The fourth-order valence-electron chi connectivity index (χ4n) is 3.19. The van der Waals surface area contributed by atoms with Crippen LogP contribution in [0.2, 0.25) is 15.1 Å². The third-order valence-electron chi connectivity index (χ3n) is 4.51. The van der Waals surface area contributed by atoms with E-state index in [1.165, 1.54) is 15.5 Å². The molecule has 1 heterocycles. The van der Waals surface area contributed by atoms with Crippen molar-refractivity contribution in [2.24, 2.45) is 0 Å². The Hall–Kier alpha value is -1.36. The van der Waals surface area contributed by atoms with Crippen LogP contribution in [0.1, 0.15) is 12.0 Å². The van der Waals surface area contributed by atoms with E-state index in [1.807, 2.05) is 24.3 Å². The van der Waals surface area contributed by atoms with Gasteiger partial charge < -0.3 is 9.64 Å². The summed E-state index contributed by atoms with van der Waals surface area (Å²) in [6, 6.07) is 20.1. The average Bonchev–Trinajstić information content (AvgIpc) is 2.70. The summed E-state index contributed by atoms with van der Waals surface area (Å²) >= 11 is 20.1. The number of hydrogen-bond donors (Lipinski definition) is 0. The molecule has 0 saturated carbocycles. The Morgan fingerprint density at radius 1 is 0.821 bits per heavy atom. The summed E-state index contributed by atoms with van der Waals surface area (Å²) in [5, 5.41) is 1.86. The third kappa shape index (κ3) is 4.45. The number of halogens is 3. The highest BCUT2D eigenvalue weighted by Crippen LogP contribution is 2.48. The molecule has 0 spiro atoms. The van der Waals surface area contributed by atoms with Gasteiger partial charge in [-0.2, -0.15) is 0 Å². The molecule has 28 heavy (non-hydrogen) atoms. The summed E-state index contributed by atoms with van der Waals surface area (Å²) in [6.45, 7) is 2.03. The van der Waals surface area contributed by atoms with E-state index >= 15 is 0 Å². The minimum atomic E-state index is 0.520. The minimum absolute atomic E-state index is 0.520. The Balaban J connectivity index is 1.40. The van der Waals surface area contributed by atoms with Gasteiger partial charge in [0.2, 0.25) is 0 Å². The average molecular weight is 451 g/mol. The predicted molar refractivity (Wildman–Crippen MR) is 120 cm³/mol. The fraction of sp³-hybridized carbons (Fsp3) is 0.182. The van der Waals surface area contributed by atoms with Crippen molar-refractivity contribution in [1.29, 1.82) is 0 Å². The van der Waals surface area contributed by atoms with Gasteiger partial charge in [-0.1, -0.05) is 64.8 Å². The summed E-state index contributed by atoms with van der Waals surface area (Å²) in [7, 11) is 0. The highest BCUT2D eigenvalue weighted by molar-refractivity contribution is 7.99. The van der Waals surface area contributed by atoms with Crippen LogP contribution < -0.4 is 4.90 Å². The van der Waals surface area contributed by atoms with Crippen LogP contribution in [-0.4, -0.2) is 13.2 Å². The molecule has 2 nitrogen and oxygen atoms in total. The number of nitrogens with zero attached hydrogens (tertiary/aromatic N) is 1. The van der Waals surface area contributed by atoms with Crippen molar-refractivity contribution < 1.29 is 4.74 Å². The molecule has 0 bridgehead atoms. The van der Waals surface area contributed by atoms with Crippen LogP contribution in [0, 0.1) is 0 Å². The topological polar surface area (TPSA) is 12.5 Å². The van der Waals surface area contributed by atoms with Crippen LogP contribution in [0.15, 0.2) is 70.5 Å². The molecule has 0 unspecified atom stereocenters. The van der Waals surface area contributed by atoms with E-state index in [9.17, 15) is 0 Å². The number of ether oxygens (including phenoxy) is 1. The van der Waals surface area contributed by atoms with Gasteiger partial charge >= 0.3 is 0 Å². The van der Waals surface area contributed by atoms with Gasteiger partial charge in [-0.3, -0.25) is 0 Å². The van der Waals surface area contributed by atoms with Gasteiger partial charge in [-0.05, 0) is 54.4 Å². The van der Waals surface area contributed by atoms with Crippen LogP contribution in [0.4, 0.5) is 11.4 Å².